The van der Waals surface area contributed by atoms with Crippen molar-refractivity contribution in [3.05, 3.63) is 232 Å². The smallest absolute Gasteiger partial charge is 0.325 e. The van der Waals surface area contributed by atoms with Gasteiger partial charge in [0.25, 0.3) is 0 Å². The van der Waals surface area contributed by atoms with Crippen LogP contribution >= 0.6 is 0 Å². The van der Waals surface area contributed by atoms with Crippen LogP contribution in [-0.2, 0) is 38.6 Å². The first-order chi connectivity index (χ1) is 68.6. The van der Waals surface area contributed by atoms with Crippen molar-refractivity contribution in [2.45, 2.75) is 177 Å². The van der Waals surface area contributed by atoms with Gasteiger partial charge in [-0.1, -0.05) is 91.0 Å². The number of morpholine rings is 1. The number of likely N-dealkylation sites (N-methyl/N-ethyl adjacent to an activating group) is 4. The number of hydrogen-bond acceptors (Lipinski definition) is 26. The predicted octanol–water partition coefficient (Wildman–Crippen LogP) is 18.9. The Morgan fingerprint density at radius 2 is 0.671 bits per heavy atom. The normalized spacial score (nSPS) is 17.5. The molecule has 5 aliphatic heterocycles. The summed E-state index contributed by atoms with van der Waals surface area (Å²) < 4.78 is 38.4. The number of aliphatic hydroxyl groups is 1. The van der Waals surface area contributed by atoms with Crippen molar-refractivity contribution in [1.82, 2.24) is 59.5 Å². The molecule has 26 nitrogen and oxygen atoms in total. The van der Waals surface area contributed by atoms with Gasteiger partial charge in [0.1, 0.15) is 76.1 Å². The number of nitrogens with zero attached hydrogens (tertiary/aromatic N) is 17. The Balaban J connectivity index is 0.000000124. The summed E-state index contributed by atoms with van der Waals surface area (Å²) in [6.07, 6.45) is 18.3. The summed E-state index contributed by atoms with van der Waals surface area (Å²) >= 11 is 0. The molecule has 26 heteroatoms. The van der Waals surface area contributed by atoms with Gasteiger partial charge in [0.2, 0.25) is 0 Å². The highest BCUT2D eigenvalue weighted by Crippen LogP contribution is 2.48. The van der Waals surface area contributed by atoms with E-state index < -0.39 is 0 Å². The second-order valence-corrected chi connectivity index (χ2v) is 40.0. The Labute approximate surface area is 827 Å². The van der Waals surface area contributed by atoms with Crippen LogP contribution in [0.1, 0.15) is 219 Å². The van der Waals surface area contributed by atoms with E-state index in [2.05, 4.69) is 199 Å². The second kappa shape index (κ2) is 46.9. The third-order valence-corrected chi connectivity index (χ3v) is 29.7. The molecule has 740 valence electrons. The molecule has 4 aromatic heterocycles. The molecular weight excluding hydrogens is 1750 g/mol. The van der Waals surface area contributed by atoms with Crippen LogP contribution in [0.3, 0.4) is 0 Å². The zero-order valence-corrected chi connectivity index (χ0v) is 84.2. The van der Waals surface area contributed by atoms with Gasteiger partial charge in [-0.2, -0.15) is 0 Å². The van der Waals surface area contributed by atoms with Crippen molar-refractivity contribution < 1.29 is 43.1 Å². The van der Waals surface area contributed by atoms with E-state index >= 15 is 0 Å². The lowest BCUT2D eigenvalue weighted by Crippen LogP contribution is -2.40. The van der Waals surface area contributed by atoms with Crippen molar-refractivity contribution in [2.75, 3.05) is 219 Å². The van der Waals surface area contributed by atoms with Gasteiger partial charge in [-0.05, 0) is 272 Å². The fourth-order valence-electron chi connectivity index (χ4n) is 21.1. The molecule has 0 radical (unpaired) electrons. The van der Waals surface area contributed by atoms with E-state index in [4.69, 9.17) is 73.0 Å². The minimum atomic E-state index is -0.228. The number of carbonyl (C=O) groups excluding carboxylic acids is 1. The number of ether oxygens (including phenoxy) is 7. The van der Waals surface area contributed by atoms with E-state index in [0.717, 1.165) is 284 Å². The van der Waals surface area contributed by atoms with Crippen LogP contribution in [0.5, 0.6) is 23.0 Å². The number of piperidine rings is 4. The van der Waals surface area contributed by atoms with E-state index in [9.17, 15) is 9.90 Å². The number of methoxy groups -OCH3 is 5. The first-order valence-electron chi connectivity index (χ1n) is 51.6. The summed E-state index contributed by atoms with van der Waals surface area (Å²) in [7, 11) is 17.1. The van der Waals surface area contributed by atoms with Crippen molar-refractivity contribution in [3.8, 4) is 23.0 Å². The molecule has 8 aromatic carbocycles. The summed E-state index contributed by atoms with van der Waals surface area (Å²) in [5, 5.41) is 13.8. The molecule has 4 aliphatic carbocycles. The summed E-state index contributed by atoms with van der Waals surface area (Å²) in [6.45, 7) is 21.3. The standard InChI is InChI=1S/C31H41N5O2.C28H34N4O3.C28H36N4O2.C27H34N4O2/c1-34(15-16-35-17-19-38-20-18-35)22-23-7-10-28-27(21-23)31(33-30(32-28)25-8-9-25)36-13-11-24(12-14-36)26-5-3-4-6-29(26)37-2;1-4-35-26(33)18-31(2)21-11-12-24-23(17-21)28(30-27(29-24)20-9-10-20)32-15-13-19(14-16-32)22-7-5-6-8-25(22)34-3;1-31(16-17-33-2)19-20-8-11-25-24(18-20)28(30-27(29-25)22-9-10-22)32-14-12-21(13-15-32)23-6-4-5-7-26(23)34-3;1-30(15-16-32)18-19-7-10-24-23(17-19)27(29-26(28-24)21-8-9-21)31-13-11-20(12-14-31)22-5-3-4-6-25(22)33-2/h3-7,10,21,24-25H,8-9,11-20,22H2,1-2H3;5-8,11-12,17,19-20H,4,9-10,13-16,18H2,1-3H3;4-8,11,18,21-22H,9-10,12-17,19H2,1-3H3;3-7,10,17,20-21,32H,8-9,11-16,18H2,1-2H3. The number of rotatable bonds is 34. The third kappa shape index (κ3) is 24.8. The number of benzene rings is 8. The second-order valence-electron chi connectivity index (χ2n) is 40.0. The predicted molar refractivity (Wildman–Crippen MR) is 560 cm³/mol. The molecule has 5 saturated heterocycles. The van der Waals surface area contributed by atoms with Crippen LogP contribution in [-0.4, -0.2) is 265 Å². The number of esters is 1. The number of aliphatic hydroxyl groups excluding tert-OH is 1. The van der Waals surface area contributed by atoms with Crippen LogP contribution in [0, 0.1) is 0 Å². The molecule has 140 heavy (non-hydrogen) atoms. The Morgan fingerprint density at radius 3 is 0.979 bits per heavy atom. The lowest BCUT2D eigenvalue weighted by molar-refractivity contribution is -0.141. The average molecular weight is 1900 g/mol. The molecule has 12 aromatic rings. The van der Waals surface area contributed by atoms with Crippen LogP contribution in [0.2, 0.25) is 0 Å². The monoisotopic (exact) mass is 1900 g/mol. The first kappa shape index (κ1) is 98.7. The molecule has 9 heterocycles. The molecule has 9 fully saturated rings. The highest BCUT2D eigenvalue weighted by Gasteiger charge is 2.37. The minimum Gasteiger partial charge on any atom is -0.496 e. The lowest BCUT2D eigenvalue weighted by atomic mass is 9.88. The summed E-state index contributed by atoms with van der Waals surface area (Å²) in [5.41, 5.74) is 14.3. The van der Waals surface area contributed by atoms with E-state index in [-0.39, 0.29) is 19.1 Å². The number of carbonyl (C=O) groups is 1. The maximum absolute atomic E-state index is 12.0. The Bertz CT molecular complexity index is 6140. The molecule has 0 atom stereocenters. The number of para-hydroxylation sites is 4. The lowest BCUT2D eigenvalue weighted by Gasteiger charge is -2.34. The maximum atomic E-state index is 12.0. The molecule has 4 saturated carbocycles. The molecule has 9 aliphatic rings. The fraction of sp³-hybridized carbons (Fsp3) is 0.500. The summed E-state index contributed by atoms with van der Waals surface area (Å²) in [6, 6.07) is 60.1. The topological polar surface area (TPSA) is 234 Å². The Kier molecular flexibility index (Phi) is 33.1. The van der Waals surface area contributed by atoms with Gasteiger partial charge in [-0.25, -0.2) is 39.9 Å². The van der Waals surface area contributed by atoms with E-state index in [1.165, 1.54) is 101 Å². The van der Waals surface area contributed by atoms with E-state index in [1.54, 1.807) is 35.5 Å². The van der Waals surface area contributed by atoms with Gasteiger partial charge in [0, 0.05) is 176 Å². The van der Waals surface area contributed by atoms with Crippen molar-refractivity contribution in [3.63, 3.8) is 0 Å². The molecule has 0 amide bonds. The highest BCUT2D eigenvalue weighted by atomic mass is 16.5. The first-order valence-corrected chi connectivity index (χ1v) is 51.6. The minimum absolute atomic E-state index is 0.171. The zero-order valence-electron chi connectivity index (χ0n) is 84.2. The molecule has 0 bridgehead atoms. The van der Waals surface area contributed by atoms with Gasteiger partial charge in [-0.15, -0.1) is 0 Å². The van der Waals surface area contributed by atoms with Crippen LogP contribution in [0.15, 0.2) is 170 Å². The number of fused-ring (bicyclic) bond motifs is 4. The molecular formula is C114H145N17O9. The van der Waals surface area contributed by atoms with Gasteiger partial charge in [0.05, 0.1) is 83.5 Å². The number of anilines is 5. The quantitative estimate of drug-likeness (QED) is 0.0369. The Hall–Kier alpha value is -11.5. The van der Waals surface area contributed by atoms with Gasteiger partial charge < -0.3 is 67.7 Å². The van der Waals surface area contributed by atoms with Crippen LogP contribution < -0.4 is 43.4 Å². The van der Waals surface area contributed by atoms with Gasteiger partial charge in [-0.3, -0.25) is 19.5 Å². The molecule has 21 rings (SSSR count). The molecule has 1 N–H and O–H groups in total. The van der Waals surface area contributed by atoms with E-state index in [1.807, 2.05) is 50.2 Å². The largest absolute Gasteiger partial charge is 0.496 e. The summed E-state index contributed by atoms with van der Waals surface area (Å²) in [4.78, 5) is 73.5. The number of hydrogen-bond donors (Lipinski definition) is 1. The Morgan fingerprint density at radius 1 is 0.364 bits per heavy atom. The highest BCUT2D eigenvalue weighted by molar-refractivity contribution is 5.94. The van der Waals surface area contributed by atoms with Gasteiger partial charge >= 0.3 is 5.97 Å². The van der Waals surface area contributed by atoms with E-state index in [0.29, 0.717) is 60.5 Å². The van der Waals surface area contributed by atoms with Gasteiger partial charge in [0.15, 0.2) is 0 Å². The van der Waals surface area contributed by atoms with Crippen molar-refractivity contribution >= 4 is 78.5 Å². The zero-order chi connectivity index (χ0) is 96.5. The van der Waals surface area contributed by atoms with Crippen LogP contribution in [0.4, 0.5) is 29.0 Å². The van der Waals surface area contributed by atoms with Crippen LogP contribution in [0.25, 0.3) is 43.6 Å². The summed E-state index contributed by atoms with van der Waals surface area (Å²) in [5.74, 6) is 16.3. The van der Waals surface area contributed by atoms with Crippen molar-refractivity contribution in [2.24, 2.45) is 0 Å². The third-order valence-electron chi connectivity index (χ3n) is 29.7. The number of aromatic nitrogens is 8. The molecule has 0 spiro atoms. The molecule has 0 unspecified atom stereocenters. The fourth-order valence-corrected chi connectivity index (χ4v) is 21.1. The average Bonchev–Trinajstić information content (AvgIpc) is 1.07. The maximum Gasteiger partial charge on any atom is 0.325 e. The van der Waals surface area contributed by atoms with Crippen molar-refractivity contribution in [1.29, 1.82) is 0 Å². The SMILES string of the molecule is CCOC(=O)CN(C)c1ccc2nc(C3CC3)nc(N3CCC(c4ccccc4OC)CC3)c2c1.COCCN(C)Cc1ccc2nc(C3CC3)nc(N3CCC(c4ccccc4OC)CC3)c2c1.COc1ccccc1C1CCN(c2nc(C3CC3)nc3ccc(CN(C)CCN4CCOCC4)cc23)CC1.COc1ccccc1C1CCN(c2nc(C3CC3)nc3ccc(CN(C)CCO)cc23)CC1.